The molecule has 0 aromatic heterocycles. The third-order valence-corrected chi connectivity index (χ3v) is 6.35. The third-order valence-electron chi connectivity index (χ3n) is 5.94. The van der Waals surface area contributed by atoms with Crippen molar-refractivity contribution in [2.24, 2.45) is 0 Å². The van der Waals surface area contributed by atoms with Crippen molar-refractivity contribution in [1.29, 1.82) is 0 Å². The number of benzene rings is 2. The molecule has 0 amide bonds. The molecule has 0 saturated carbocycles. The molecule has 1 aliphatic heterocycles. The Morgan fingerprint density at radius 1 is 0.750 bits per heavy atom. The summed E-state index contributed by atoms with van der Waals surface area (Å²) in [5.74, 6) is 0. The molecule has 1 saturated heterocycles. The van der Waals surface area contributed by atoms with E-state index in [4.69, 9.17) is 36.3 Å². The van der Waals surface area contributed by atoms with Crippen LogP contribution in [0.15, 0.2) is 73.2 Å². The quantitative estimate of drug-likeness (QED) is 0.162. The average molecular weight is 513 g/mol. The highest BCUT2D eigenvalue weighted by molar-refractivity contribution is 7.80. The van der Waals surface area contributed by atoms with E-state index in [-0.39, 0.29) is 24.4 Å². The molecule has 3 rings (SSSR count). The Labute approximate surface area is 221 Å². The minimum Gasteiger partial charge on any atom is -0.498 e. The summed E-state index contributed by atoms with van der Waals surface area (Å²) < 4.78 is 31.0. The Balaban J connectivity index is 1.74. The number of hydrogen-bond acceptors (Lipinski definition) is 6. The van der Waals surface area contributed by atoms with E-state index in [0.717, 1.165) is 36.8 Å². The molecular formula is C30H40O5S. The van der Waals surface area contributed by atoms with Gasteiger partial charge in [0.2, 0.25) is 0 Å². The summed E-state index contributed by atoms with van der Waals surface area (Å²) in [6.07, 6.45) is 9.83. The Bertz CT molecular complexity index is 889. The van der Waals surface area contributed by atoms with Crippen LogP contribution in [0, 0.1) is 0 Å². The number of hydrogen-bond donors (Lipinski definition) is 1. The first-order valence-corrected chi connectivity index (χ1v) is 13.5. The molecule has 5 unspecified atom stereocenters. The van der Waals surface area contributed by atoms with Crippen molar-refractivity contribution >= 4 is 24.8 Å². The Morgan fingerprint density at radius 2 is 1.31 bits per heavy atom. The van der Waals surface area contributed by atoms with Crippen LogP contribution in [0.4, 0.5) is 0 Å². The summed E-state index contributed by atoms with van der Waals surface area (Å²) in [6.45, 7) is 5.84. The van der Waals surface area contributed by atoms with Gasteiger partial charge < -0.3 is 23.7 Å². The number of thiol groups is 1. The van der Waals surface area contributed by atoms with E-state index < -0.39 is 5.44 Å². The lowest BCUT2D eigenvalue weighted by Gasteiger charge is -2.44. The maximum atomic E-state index is 6.35. The second-order valence-corrected chi connectivity index (χ2v) is 9.31. The van der Waals surface area contributed by atoms with E-state index in [1.165, 1.54) is 0 Å². The number of rotatable bonds is 15. The molecule has 196 valence electrons. The third kappa shape index (κ3) is 9.32. The van der Waals surface area contributed by atoms with Crippen LogP contribution in [0.5, 0.6) is 0 Å². The molecule has 0 N–H and O–H groups in total. The predicted molar refractivity (Wildman–Crippen MR) is 149 cm³/mol. The summed E-state index contributed by atoms with van der Waals surface area (Å²) in [4.78, 5) is 0. The summed E-state index contributed by atoms with van der Waals surface area (Å²) in [5.41, 5.74) is 1.67. The monoisotopic (exact) mass is 512 g/mol. The van der Waals surface area contributed by atoms with Gasteiger partial charge in [0.15, 0.2) is 6.10 Å². The first-order chi connectivity index (χ1) is 17.7. The van der Waals surface area contributed by atoms with Crippen LogP contribution >= 0.6 is 12.6 Å². The summed E-state index contributed by atoms with van der Waals surface area (Å²) >= 11 is 4.74. The van der Waals surface area contributed by atoms with Gasteiger partial charge in [-0.05, 0) is 36.1 Å². The molecule has 1 heterocycles. The van der Waals surface area contributed by atoms with Crippen LogP contribution < -0.4 is 0 Å². The molecule has 36 heavy (non-hydrogen) atoms. The van der Waals surface area contributed by atoms with E-state index in [0.29, 0.717) is 19.8 Å². The fraction of sp³-hybridized carbons (Fsp3) is 0.467. The summed E-state index contributed by atoms with van der Waals surface area (Å²) in [6, 6.07) is 20.1. The highest BCUT2D eigenvalue weighted by Gasteiger charge is 2.47. The van der Waals surface area contributed by atoms with Gasteiger partial charge in [-0.25, -0.2) is 0 Å². The Hall–Kier alpha value is -2.25. The van der Waals surface area contributed by atoms with Gasteiger partial charge in [0.1, 0.15) is 30.4 Å². The van der Waals surface area contributed by atoms with Crippen molar-refractivity contribution in [2.75, 3.05) is 19.8 Å². The maximum absolute atomic E-state index is 6.35. The smallest absolute Gasteiger partial charge is 0.156 e. The molecule has 0 spiro atoms. The van der Waals surface area contributed by atoms with E-state index >= 15 is 0 Å². The lowest BCUT2D eigenvalue weighted by molar-refractivity contribution is -0.233. The first-order valence-electron chi connectivity index (χ1n) is 13.0. The fourth-order valence-electron chi connectivity index (χ4n) is 3.90. The highest BCUT2D eigenvalue weighted by atomic mass is 32.1. The minimum atomic E-state index is -0.463. The van der Waals surface area contributed by atoms with Crippen molar-refractivity contribution in [3.05, 3.63) is 84.3 Å². The zero-order chi connectivity index (χ0) is 25.4. The zero-order valence-electron chi connectivity index (χ0n) is 21.4. The average Bonchev–Trinajstić information content (AvgIpc) is 2.90. The van der Waals surface area contributed by atoms with Gasteiger partial charge in [-0.3, -0.25) is 0 Å². The second-order valence-electron chi connectivity index (χ2n) is 8.80. The van der Waals surface area contributed by atoms with E-state index in [1.807, 2.05) is 72.8 Å². The van der Waals surface area contributed by atoms with E-state index in [1.54, 1.807) is 12.5 Å². The molecular weight excluding hydrogens is 472 g/mol. The fourth-order valence-corrected chi connectivity index (χ4v) is 4.32. The summed E-state index contributed by atoms with van der Waals surface area (Å²) in [7, 11) is 0. The second kappa shape index (κ2) is 16.5. The lowest BCUT2D eigenvalue weighted by Crippen LogP contribution is -2.59. The molecule has 2 aromatic rings. The van der Waals surface area contributed by atoms with Crippen LogP contribution in [-0.2, 0) is 23.7 Å². The van der Waals surface area contributed by atoms with Gasteiger partial charge >= 0.3 is 0 Å². The van der Waals surface area contributed by atoms with E-state index in [2.05, 4.69) is 13.8 Å². The number of ether oxygens (including phenoxy) is 5. The summed E-state index contributed by atoms with van der Waals surface area (Å²) in [5, 5.41) is 0. The van der Waals surface area contributed by atoms with Gasteiger partial charge in [-0.1, -0.05) is 87.4 Å². The number of unbranched alkanes of at least 4 members (excludes halogenated alkanes) is 2. The van der Waals surface area contributed by atoms with Gasteiger partial charge in [-0.15, -0.1) is 12.6 Å². The molecule has 1 fully saturated rings. The molecule has 0 radical (unpaired) electrons. The largest absolute Gasteiger partial charge is 0.498 e. The van der Waals surface area contributed by atoms with Crippen LogP contribution in [0.25, 0.3) is 12.2 Å². The first kappa shape index (κ1) is 28.3. The zero-order valence-corrected chi connectivity index (χ0v) is 22.3. The van der Waals surface area contributed by atoms with Crippen LogP contribution in [0.2, 0.25) is 0 Å². The van der Waals surface area contributed by atoms with Crippen molar-refractivity contribution < 1.29 is 23.7 Å². The Kier molecular flexibility index (Phi) is 13.0. The lowest BCUT2D eigenvalue weighted by atomic mass is 9.99. The molecule has 6 heteroatoms. The SMILES string of the molecule is CCCCOC1C(S)OC(COC=Cc2ccccc2)C(OCCCC)C1OC=Cc1ccccc1. The highest BCUT2D eigenvalue weighted by Crippen LogP contribution is 2.31. The van der Waals surface area contributed by atoms with Crippen LogP contribution in [0.3, 0.4) is 0 Å². The van der Waals surface area contributed by atoms with Crippen LogP contribution in [-0.4, -0.2) is 49.7 Å². The van der Waals surface area contributed by atoms with Crippen molar-refractivity contribution in [1.82, 2.24) is 0 Å². The normalized spacial score (nSPS) is 24.4. The molecule has 0 aliphatic carbocycles. The minimum absolute atomic E-state index is 0.321. The molecule has 2 aromatic carbocycles. The van der Waals surface area contributed by atoms with Gasteiger partial charge in [0.05, 0.1) is 12.5 Å². The standard InChI is InChI=1S/C30H40O5S/c1-3-5-19-32-27-26(23-31-21-17-24-13-9-7-10-14-24)35-30(36)29(33-20-6-4-2)28(27)34-22-18-25-15-11-8-12-16-25/h7-18,21-22,26-30,36H,3-6,19-20,23H2,1-2H3. The Morgan fingerprint density at radius 3 is 1.89 bits per heavy atom. The molecule has 5 atom stereocenters. The van der Waals surface area contributed by atoms with Crippen molar-refractivity contribution in [3.63, 3.8) is 0 Å². The van der Waals surface area contributed by atoms with Crippen molar-refractivity contribution in [3.8, 4) is 0 Å². The topological polar surface area (TPSA) is 46.2 Å². The van der Waals surface area contributed by atoms with Gasteiger partial charge in [0, 0.05) is 13.2 Å². The molecule has 5 nitrogen and oxygen atoms in total. The molecule has 1 aliphatic rings. The maximum Gasteiger partial charge on any atom is 0.156 e. The van der Waals surface area contributed by atoms with E-state index in [9.17, 15) is 0 Å². The van der Waals surface area contributed by atoms with Gasteiger partial charge in [0.25, 0.3) is 0 Å². The molecule has 0 bridgehead atoms. The van der Waals surface area contributed by atoms with Gasteiger partial charge in [-0.2, -0.15) is 0 Å². The van der Waals surface area contributed by atoms with Crippen LogP contribution in [0.1, 0.15) is 50.7 Å². The van der Waals surface area contributed by atoms with Crippen molar-refractivity contribution in [2.45, 2.75) is 69.4 Å². The predicted octanol–water partition coefficient (Wildman–Crippen LogP) is 6.76.